The first kappa shape index (κ1) is 183. The van der Waals surface area contributed by atoms with Crippen molar-refractivity contribution in [3.05, 3.63) is 0 Å². The Bertz CT molecular complexity index is 21.4. The van der Waals surface area contributed by atoms with Gasteiger partial charge in [0.2, 0.25) is 0 Å². The Morgan fingerprint density at radius 1 is 0.267 bits per heavy atom. The van der Waals surface area contributed by atoms with Crippen LogP contribution in [0.1, 0.15) is 0 Å². The van der Waals surface area contributed by atoms with Crippen LogP contribution in [0.15, 0.2) is 0 Å². The van der Waals surface area contributed by atoms with E-state index in [1.807, 2.05) is 0 Å². The average molecular weight is 549 g/mol. The van der Waals surface area contributed by atoms with Crippen molar-refractivity contribution in [2.24, 2.45) is 0 Å². The van der Waals surface area contributed by atoms with Gasteiger partial charge >= 0.3 is 141 Å². The second kappa shape index (κ2) is 159. The number of hydrogen-bond acceptors (Lipinski definition) is 0. The maximum Gasteiger partial charge on any atom is 2.00 e. The summed E-state index contributed by atoms with van der Waals surface area (Å²) < 4.78 is 0. The van der Waals surface area contributed by atoms with Gasteiger partial charge < -0.3 is 124 Å². The van der Waals surface area contributed by atoms with Crippen LogP contribution >= 0.6 is 0 Å². The van der Waals surface area contributed by atoms with Crippen LogP contribution in [0.2, 0.25) is 0 Å². The van der Waals surface area contributed by atoms with Crippen LogP contribution in [0.25, 0.3) is 0 Å². The fourth-order valence-corrected chi connectivity index (χ4v) is 0. The summed E-state index contributed by atoms with van der Waals surface area (Å²) >= 11 is 0. The van der Waals surface area contributed by atoms with E-state index in [0.29, 0.717) is 0 Å². The van der Waals surface area contributed by atoms with E-state index in [0.717, 1.165) is 0 Å². The monoisotopic (exact) mass is 542 g/mol. The molecule has 0 aromatic carbocycles. The zero-order chi connectivity index (χ0) is 0. The minimum absolute atomic E-state index is 0. The van der Waals surface area contributed by atoms with Crippen molar-refractivity contribution >= 4 is 122 Å². The van der Waals surface area contributed by atoms with Gasteiger partial charge in [0, 0.05) is 0 Å². The molecule has 15 heavy (non-hydrogen) atoms. The number of rotatable bonds is 0. The molecule has 15 heteroatoms. The van der Waals surface area contributed by atoms with Gasteiger partial charge in [-0.3, -0.25) is 0 Å². The molecule has 0 spiro atoms. The number of hydrogen-bond donors (Lipinski definition) is 0. The van der Waals surface area contributed by atoms with E-state index in [2.05, 4.69) is 0 Å². The van der Waals surface area contributed by atoms with E-state index in [-0.39, 0.29) is 265 Å². The Hall–Kier alpha value is 7.58. The summed E-state index contributed by atoms with van der Waals surface area (Å²) in [5.41, 5.74) is 0. The molecule has 0 N–H and O–H groups in total. The van der Waals surface area contributed by atoms with Crippen LogP contribution < -0.4 is 124 Å². The third kappa shape index (κ3) is 144. The van der Waals surface area contributed by atoms with Crippen molar-refractivity contribution in [1.82, 2.24) is 0 Å². The van der Waals surface area contributed by atoms with Crippen LogP contribution in [0.5, 0.6) is 0 Å². The second-order valence-corrected chi connectivity index (χ2v) is 0. The standard InChI is InChI=1S/2Ca.10ClH.2Mg.Zn/h;;10*1H;;;/q2*+2;;;;;;;;;;;3*+2/p-10. The van der Waals surface area contributed by atoms with Gasteiger partial charge in [0.05, 0.1) is 0 Å². The van der Waals surface area contributed by atoms with Crippen molar-refractivity contribution in [3.63, 3.8) is 0 Å². The van der Waals surface area contributed by atoms with Crippen molar-refractivity contribution in [2.45, 2.75) is 0 Å². The average Bonchev–Trinajstić information content (AvgIpc) is 0. The maximum absolute atomic E-state index is 0. The van der Waals surface area contributed by atoms with Crippen LogP contribution in [0.3, 0.4) is 0 Å². The summed E-state index contributed by atoms with van der Waals surface area (Å²) in [7, 11) is 0. The molecule has 0 aliphatic heterocycles. The Morgan fingerprint density at radius 3 is 0.267 bits per heavy atom. The van der Waals surface area contributed by atoms with Gasteiger partial charge in [-0.2, -0.15) is 0 Å². The Kier molecular flexibility index (Phi) is 1940. The predicted molar refractivity (Wildman–Crippen MR) is 23.0 cm³/mol. The summed E-state index contributed by atoms with van der Waals surface area (Å²) in [6, 6.07) is 0. The largest absolute Gasteiger partial charge is 2.00 e. The summed E-state index contributed by atoms with van der Waals surface area (Å²) in [6.45, 7) is 0. The first-order valence-corrected chi connectivity index (χ1v) is 0. The first-order valence-electron chi connectivity index (χ1n) is 0. The molecule has 0 aromatic heterocycles. The molecule has 0 unspecified atom stereocenters. The van der Waals surface area contributed by atoms with Crippen LogP contribution in [0, 0.1) is 0 Å². The molecule has 0 bridgehead atoms. The molecule has 0 rings (SSSR count). The molecule has 0 nitrogen and oxygen atoms in total. The van der Waals surface area contributed by atoms with Gasteiger partial charge in [-0.15, -0.1) is 0 Å². The van der Waals surface area contributed by atoms with Gasteiger partial charge in [-0.05, 0) is 0 Å². The van der Waals surface area contributed by atoms with Gasteiger partial charge in [0.1, 0.15) is 0 Å². The molecule has 0 saturated heterocycles. The molecule has 0 heterocycles. The normalized spacial score (nSPS) is 0. The molecule has 0 aliphatic carbocycles. The molecule has 0 amide bonds. The SMILES string of the molecule is [Ca+2].[Ca+2].[Cl-].[Cl-].[Cl-].[Cl-].[Cl-].[Cl-].[Cl-].[Cl-].[Cl-].[Cl-].[Mg+2].[Mg+2].[Zn+2]. The van der Waals surface area contributed by atoms with Crippen LogP contribution in [0.4, 0.5) is 0 Å². The zero-order valence-corrected chi connectivity index (χ0v) is 25.1. The molecule has 0 saturated carbocycles. The van der Waals surface area contributed by atoms with Gasteiger partial charge in [-0.1, -0.05) is 0 Å². The van der Waals surface area contributed by atoms with E-state index in [1.165, 1.54) is 0 Å². The minimum atomic E-state index is 0. The van der Waals surface area contributed by atoms with Crippen LogP contribution in [-0.4, -0.2) is 122 Å². The second-order valence-electron chi connectivity index (χ2n) is 0. The molecule has 0 fully saturated rings. The third-order valence-corrected chi connectivity index (χ3v) is 0. The molecular weight excluding hydrogens is 549 g/mol. The minimum Gasteiger partial charge on any atom is -1.00 e. The Labute approximate surface area is 259 Å². The first-order chi connectivity index (χ1) is 0. The van der Waals surface area contributed by atoms with Crippen LogP contribution in [-0.2, 0) is 19.5 Å². The van der Waals surface area contributed by atoms with Crippen molar-refractivity contribution in [2.75, 3.05) is 0 Å². The Morgan fingerprint density at radius 2 is 0.267 bits per heavy atom. The van der Waals surface area contributed by atoms with Crippen molar-refractivity contribution < 1.29 is 144 Å². The van der Waals surface area contributed by atoms with Gasteiger partial charge in [-0.25, -0.2) is 0 Å². The molecule has 80 valence electrons. The van der Waals surface area contributed by atoms with Crippen molar-refractivity contribution in [1.29, 1.82) is 0 Å². The Balaban J connectivity index is 0. The summed E-state index contributed by atoms with van der Waals surface area (Å²) in [5, 5.41) is 0. The zero-order valence-electron chi connectivity index (χ0n) is 7.32. The van der Waals surface area contributed by atoms with E-state index < -0.39 is 0 Å². The van der Waals surface area contributed by atoms with E-state index in [9.17, 15) is 0 Å². The smallest absolute Gasteiger partial charge is 1.00 e. The maximum atomic E-state index is 0. The van der Waals surface area contributed by atoms with E-state index in [1.54, 1.807) is 0 Å². The molecule has 0 aliphatic rings. The fraction of sp³-hybridized carbons (Fsp3) is 0. The molecule has 0 radical (unpaired) electrons. The topological polar surface area (TPSA) is 0 Å². The quantitative estimate of drug-likeness (QED) is 0.264. The number of halogens is 10. The summed E-state index contributed by atoms with van der Waals surface area (Å²) in [4.78, 5) is 0. The van der Waals surface area contributed by atoms with E-state index in [4.69, 9.17) is 0 Å². The fourth-order valence-electron chi connectivity index (χ4n) is 0. The molecular formula is Ca2Cl10Mg2Zn. The van der Waals surface area contributed by atoms with E-state index >= 15 is 0 Å². The summed E-state index contributed by atoms with van der Waals surface area (Å²) in [5.74, 6) is 0. The van der Waals surface area contributed by atoms with Crippen molar-refractivity contribution in [3.8, 4) is 0 Å². The third-order valence-electron chi connectivity index (χ3n) is 0. The van der Waals surface area contributed by atoms with Gasteiger partial charge in [0.25, 0.3) is 0 Å². The predicted octanol–water partition coefficient (Wildman–Crippen LogP) is -31.5. The molecule has 0 aromatic rings. The van der Waals surface area contributed by atoms with Gasteiger partial charge in [0.15, 0.2) is 0 Å². The summed E-state index contributed by atoms with van der Waals surface area (Å²) in [6.07, 6.45) is 0. The molecule has 0 atom stereocenters.